The summed E-state index contributed by atoms with van der Waals surface area (Å²) < 4.78 is 5.05. The van der Waals surface area contributed by atoms with Gasteiger partial charge in [0, 0.05) is 6.42 Å². The molecule has 14 heavy (non-hydrogen) atoms. The van der Waals surface area contributed by atoms with Crippen molar-refractivity contribution in [1.82, 2.24) is 0 Å². The normalized spacial score (nSPS) is 27.7. The number of hydrogen-bond acceptors (Lipinski definition) is 2. The first-order chi connectivity index (χ1) is 6.68. The molecule has 0 aromatic carbocycles. The van der Waals surface area contributed by atoms with Crippen molar-refractivity contribution >= 4 is 5.97 Å². The first kappa shape index (κ1) is 11.0. The van der Waals surface area contributed by atoms with Gasteiger partial charge in [-0.3, -0.25) is 4.79 Å². The highest BCUT2D eigenvalue weighted by molar-refractivity contribution is 5.69. The van der Waals surface area contributed by atoms with Crippen LogP contribution in [0.5, 0.6) is 0 Å². The van der Waals surface area contributed by atoms with Crippen LogP contribution in [0.4, 0.5) is 0 Å². The molecule has 0 saturated carbocycles. The molecule has 0 spiro atoms. The SMILES string of the molecule is C/C1=C\COC(=O)CC/C(C)=C/CC1. The lowest BCUT2D eigenvalue weighted by Gasteiger charge is -2.01. The van der Waals surface area contributed by atoms with Gasteiger partial charge in [-0.05, 0) is 39.2 Å². The molecule has 1 rings (SSSR count). The van der Waals surface area contributed by atoms with Gasteiger partial charge in [-0.1, -0.05) is 17.2 Å². The summed E-state index contributed by atoms with van der Waals surface area (Å²) in [6.07, 6.45) is 7.69. The van der Waals surface area contributed by atoms with E-state index in [1.165, 1.54) is 11.1 Å². The predicted octanol–water partition coefficient (Wildman–Crippen LogP) is 3.00. The maximum absolute atomic E-state index is 11.2. The summed E-state index contributed by atoms with van der Waals surface area (Å²) in [4.78, 5) is 11.2. The van der Waals surface area contributed by atoms with Gasteiger partial charge in [0.2, 0.25) is 0 Å². The molecular formula is C12H18O2. The van der Waals surface area contributed by atoms with E-state index in [1.807, 2.05) is 6.08 Å². The summed E-state index contributed by atoms with van der Waals surface area (Å²) in [5, 5.41) is 0. The summed E-state index contributed by atoms with van der Waals surface area (Å²) in [7, 11) is 0. The number of carbonyl (C=O) groups excluding carboxylic acids is 1. The Morgan fingerprint density at radius 3 is 2.57 bits per heavy atom. The molecule has 1 heterocycles. The molecule has 0 bridgehead atoms. The second-order valence-electron chi connectivity index (χ2n) is 3.82. The summed E-state index contributed by atoms with van der Waals surface area (Å²) in [5.41, 5.74) is 2.58. The number of ether oxygens (including phenoxy) is 1. The monoisotopic (exact) mass is 194 g/mol. The average Bonchev–Trinajstić information content (AvgIpc) is 2.16. The van der Waals surface area contributed by atoms with Crippen molar-refractivity contribution in [3.63, 3.8) is 0 Å². The zero-order chi connectivity index (χ0) is 10.4. The van der Waals surface area contributed by atoms with Gasteiger partial charge in [0.15, 0.2) is 0 Å². The Hall–Kier alpha value is -1.05. The Balaban J connectivity index is 2.58. The molecule has 0 saturated heterocycles. The first-order valence-corrected chi connectivity index (χ1v) is 5.15. The van der Waals surface area contributed by atoms with Gasteiger partial charge in [-0.25, -0.2) is 0 Å². The van der Waals surface area contributed by atoms with Crippen LogP contribution in [0, 0.1) is 0 Å². The van der Waals surface area contributed by atoms with Crippen LogP contribution in [0.2, 0.25) is 0 Å². The number of esters is 1. The van der Waals surface area contributed by atoms with Crippen LogP contribution in [0.1, 0.15) is 39.5 Å². The maximum Gasteiger partial charge on any atom is 0.306 e. The van der Waals surface area contributed by atoms with Crippen LogP contribution >= 0.6 is 0 Å². The molecule has 1 aliphatic heterocycles. The third kappa shape index (κ3) is 4.26. The smallest absolute Gasteiger partial charge is 0.306 e. The molecule has 0 amide bonds. The number of carbonyl (C=O) groups is 1. The molecule has 0 unspecified atom stereocenters. The Morgan fingerprint density at radius 2 is 1.79 bits per heavy atom. The summed E-state index contributed by atoms with van der Waals surface area (Å²) in [6, 6.07) is 0. The molecule has 0 aromatic heterocycles. The highest BCUT2D eigenvalue weighted by Crippen LogP contribution is 2.12. The first-order valence-electron chi connectivity index (χ1n) is 5.15. The molecular weight excluding hydrogens is 176 g/mol. The second kappa shape index (κ2) is 5.63. The fourth-order valence-corrected chi connectivity index (χ4v) is 1.40. The lowest BCUT2D eigenvalue weighted by atomic mass is 10.1. The van der Waals surface area contributed by atoms with Crippen LogP contribution in [-0.2, 0) is 9.53 Å². The van der Waals surface area contributed by atoms with Crippen LogP contribution < -0.4 is 0 Å². The molecule has 78 valence electrons. The minimum atomic E-state index is -0.0938. The Labute approximate surface area is 85.6 Å². The molecule has 0 radical (unpaired) electrons. The van der Waals surface area contributed by atoms with E-state index in [4.69, 9.17) is 4.74 Å². The lowest BCUT2D eigenvalue weighted by Crippen LogP contribution is -2.04. The number of cyclic esters (lactones) is 1. The number of hydrogen-bond donors (Lipinski definition) is 0. The molecule has 0 atom stereocenters. The van der Waals surface area contributed by atoms with E-state index < -0.39 is 0 Å². The van der Waals surface area contributed by atoms with Gasteiger partial charge >= 0.3 is 5.97 Å². The topological polar surface area (TPSA) is 26.3 Å². The molecule has 1 aliphatic rings. The van der Waals surface area contributed by atoms with Gasteiger partial charge in [-0.15, -0.1) is 0 Å². The minimum Gasteiger partial charge on any atom is -0.461 e. The Bertz CT molecular complexity index is 261. The maximum atomic E-state index is 11.2. The third-order valence-electron chi connectivity index (χ3n) is 2.43. The van der Waals surface area contributed by atoms with Crippen molar-refractivity contribution in [2.24, 2.45) is 0 Å². The molecule has 2 nitrogen and oxygen atoms in total. The minimum absolute atomic E-state index is 0.0938. The quantitative estimate of drug-likeness (QED) is 0.437. The van der Waals surface area contributed by atoms with Gasteiger partial charge < -0.3 is 4.74 Å². The van der Waals surface area contributed by atoms with Crippen molar-refractivity contribution in [3.05, 3.63) is 23.3 Å². The van der Waals surface area contributed by atoms with Gasteiger partial charge in [0.05, 0.1) is 0 Å². The van der Waals surface area contributed by atoms with E-state index in [0.717, 1.165) is 19.3 Å². The van der Waals surface area contributed by atoms with Crippen molar-refractivity contribution in [2.45, 2.75) is 39.5 Å². The third-order valence-corrected chi connectivity index (χ3v) is 2.43. The van der Waals surface area contributed by atoms with E-state index in [0.29, 0.717) is 13.0 Å². The molecule has 0 N–H and O–H groups in total. The van der Waals surface area contributed by atoms with E-state index >= 15 is 0 Å². The Kier molecular flexibility index (Phi) is 4.44. The Morgan fingerprint density at radius 1 is 1.07 bits per heavy atom. The van der Waals surface area contributed by atoms with Crippen LogP contribution in [0.3, 0.4) is 0 Å². The number of allylic oxidation sites excluding steroid dienone is 3. The predicted molar refractivity (Wildman–Crippen MR) is 56.9 cm³/mol. The van der Waals surface area contributed by atoms with Gasteiger partial charge in [0.25, 0.3) is 0 Å². The second-order valence-corrected chi connectivity index (χ2v) is 3.82. The fraction of sp³-hybridized carbons (Fsp3) is 0.583. The van der Waals surface area contributed by atoms with Crippen molar-refractivity contribution < 1.29 is 9.53 Å². The molecule has 2 heteroatoms. The highest BCUT2D eigenvalue weighted by atomic mass is 16.5. The standard InChI is InChI=1S/C12H18O2/c1-10-4-3-5-11(2)8-9-14-12(13)7-6-10/h4,8H,3,5-7,9H2,1-2H3/b10-4+,11-8+. The van der Waals surface area contributed by atoms with Crippen LogP contribution in [-0.4, -0.2) is 12.6 Å². The van der Waals surface area contributed by atoms with Gasteiger partial charge in [0.1, 0.15) is 6.61 Å². The van der Waals surface area contributed by atoms with Crippen molar-refractivity contribution in [1.29, 1.82) is 0 Å². The highest BCUT2D eigenvalue weighted by Gasteiger charge is 2.03. The summed E-state index contributed by atoms with van der Waals surface area (Å²) >= 11 is 0. The number of rotatable bonds is 0. The van der Waals surface area contributed by atoms with Crippen molar-refractivity contribution in [3.8, 4) is 0 Å². The van der Waals surface area contributed by atoms with E-state index in [1.54, 1.807) is 0 Å². The van der Waals surface area contributed by atoms with E-state index in [2.05, 4.69) is 19.9 Å². The average molecular weight is 194 g/mol. The van der Waals surface area contributed by atoms with E-state index in [9.17, 15) is 4.79 Å². The molecule has 0 aliphatic carbocycles. The van der Waals surface area contributed by atoms with E-state index in [-0.39, 0.29) is 5.97 Å². The van der Waals surface area contributed by atoms with Crippen molar-refractivity contribution in [2.75, 3.05) is 6.61 Å². The van der Waals surface area contributed by atoms with Gasteiger partial charge in [-0.2, -0.15) is 0 Å². The zero-order valence-electron chi connectivity index (χ0n) is 9.01. The molecule has 0 aromatic rings. The fourth-order valence-electron chi connectivity index (χ4n) is 1.40. The zero-order valence-corrected chi connectivity index (χ0v) is 9.01. The summed E-state index contributed by atoms with van der Waals surface area (Å²) in [6.45, 7) is 4.59. The largest absolute Gasteiger partial charge is 0.461 e. The summed E-state index contributed by atoms with van der Waals surface area (Å²) in [5.74, 6) is -0.0938. The van der Waals surface area contributed by atoms with Crippen LogP contribution in [0.25, 0.3) is 0 Å². The van der Waals surface area contributed by atoms with Crippen LogP contribution in [0.15, 0.2) is 23.3 Å². The molecule has 0 fully saturated rings. The lowest BCUT2D eigenvalue weighted by molar-refractivity contribution is -0.142.